The standard InChI is InChI=1S/C16H12BrF4NO2/c17-11-6-2-1-5-10(11)14(23)22-12-7-3-4-8-13(12)24-9-16(20,21)15(18)19/h1-8,15H,9H2,(H,22,23). The van der Waals surface area contributed by atoms with Gasteiger partial charge in [0.1, 0.15) is 5.75 Å². The van der Waals surface area contributed by atoms with Gasteiger partial charge in [0.25, 0.3) is 5.91 Å². The summed E-state index contributed by atoms with van der Waals surface area (Å²) in [6.07, 6.45) is -3.83. The van der Waals surface area contributed by atoms with Crippen LogP contribution >= 0.6 is 15.9 Å². The van der Waals surface area contributed by atoms with Crippen LogP contribution in [0, 0.1) is 0 Å². The fourth-order valence-electron chi connectivity index (χ4n) is 1.77. The lowest BCUT2D eigenvalue weighted by atomic mass is 10.2. The van der Waals surface area contributed by atoms with Crippen LogP contribution in [0.15, 0.2) is 53.0 Å². The van der Waals surface area contributed by atoms with Crippen molar-refractivity contribution in [1.29, 1.82) is 0 Å². The highest BCUT2D eigenvalue weighted by Crippen LogP contribution is 2.29. The van der Waals surface area contributed by atoms with Gasteiger partial charge in [-0.25, -0.2) is 8.78 Å². The van der Waals surface area contributed by atoms with E-state index in [-0.39, 0.29) is 11.4 Å². The van der Waals surface area contributed by atoms with Crippen molar-refractivity contribution < 1.29 is 27.1 Å². The second-order valence-corrected chi connectivity index (χ2v) is 5.63. The van der Waals surface area contributed by atoms with Crippen molar-refractivity contribution in [1.82, 2.24) is 0 Å². The molecule has 2 aromatic carbocycles. The number of amides is 1. The van der Waals surface area contributed by atoms with Crippen molar-refractivity contribution >= 4 is 27.5 Å². The molecule has 0 aliphatic rings. The molecule has 0 fully saturated rings. The molecule has 0 saturated carbocycles. The predicted octanol–water partition coefficient (Wildman–Crippen LogP) is 4.98. The number of para-hydroxylation sites is 2. The van der Waals surface area contributed by atoms with Crippen LogP contribution in [-0.4, -0.2) is 24.9 Å². The van der Waals surface area contributed by atoms with E-state index in [1.54, 1.807) is 30.3 Å². The third-order valence-electron chi connectivity index (χ3n) is 2.99. The number of halogens is 5. The third-order valence-corrected chi connectivity index (χ3v) is 3.68. The quantitative estimate of drug-likeness (QED) is 0.688. The highest BCUT2D eigenvalue weighted by molar-refractivity contribution is 9.10. The number of anilines is 1. The minimum atomic E-state index is -4.28. The first-order chi connectivity index (χ1) is 11.3. The average molecular weight is 406 g/mol. The van der Waals surface area contributed by atoms with E-state index in [0.29, 0.717) is 10.0 Å². The van der Waals surface area contributed by atoms with Crippen molar-refractivity contribution in [2.75, 3.05) is 11.9 Å². The number of hydrogen-bond acceptors (Lipinski definition) is 2. The van der Waals surface area contributed by atoms with E-state index in [9.17, 15) is 22.4 Å². The van der Waals surface area contributed by atoms with E-state index >= 15 is 0 Å². The van der Waals surface area contributed by atoms with Gasteiger partial charge in [-0.1, -0.05) is 24.3 Å². The van der Waals surface area contributed by atoms with Crippen LogP contribution < -0.4 is 10.1 Å². The first kappa shape index (κ1) is 18.3. The van der Waals surface area contributed by atoms with Crippen LogP contribution in [0.3, 0.4) is 0 Å². The Morgan fingerprint density at radius 1 is 1.12 bits per heavy atom. The molecule has 1 amide bonds. The highest BCUT2D eigenvalue weighted by atomic mass is 79.9. The molecule has 8 heteroatoms. The van der Waals surface area contributed by atoms with E-state index < -0.39 is 24.9 Å². The second-order valence-electron chi connectivity index (χ2n) is 4.78. The topological polar surface area (TPSA) is 38.3 Å². The summed E-state index contributed by atoms with van der Waals surface area (Å²) in [6.45, 7) is -1.49. The number of ether oxygens (including phenoxy) is 1. The monoisotopic (exact) mass is 405 g/mol. The summed E-state index contributed by atoms with van der Waals surface area (Å²) in [6, 6.07) is 12.4. The Morgan fingerprint density at radius 2 is 1.75 bits per heavy atom. The van der Waals surface area contributed by atoms with Crippen molar-refractivity contribution in [2.45, 2.75) is 12.3 Å². The number of nitrogens with one attached hydrogen (secondary N) is 1. The Hall–Kier alpha value is -2.09. The molecule has 0 aliphatic carbocycles. The zero-order valence-corrected chi connectivity index (χ0v) is 13.7. The number of alkyl halides is 4. The Kier molecular flexibility index (Phi) is 5.82. The molecule has 128 valence electrons. The van der Waals surface area contributed by atoms with Crippen LogP contribution in [0.5, 0.6) is 5.75 Å². The smallest absolute Gasteiger partial charge is 0.340 e. The minimum absolute atomic E-state index is 0.100. The molecular formula is C16H12BrF4NO2. The molecule has 2 rings (SSSR count). The van der Waals surface area contributed by atoms with Crippen molar-refractivity contribution in [3.05, 3.63) is 58.6 Å². The zero-order valence-electron chi connectivity index (χ0n) is 12.1. The molecule has 2 aromatic rings. The normalized spacial score (nSPS) is 11.4. The maximum atomic E-state index is 13.0. The molecule has 0 aliphatic heterocycles. The summed E-state index contributed by atoms with van der Waals surface area (Å²) in [5, 5.41) is 2.51. The molecular weight excluding hydrogens is 394 g/mol. The van der Waals surface area contributed by atoms with Gasteiger partial charge in [-0.2, -0.15) is 8.78 Å². The largest absolute Gasteiger partial charge is 0.485 e. The van der Waals surface area contributed by atoms with Crippen LogP contribution in [0.2, 0.25) is 0 Å². The first-order valence-electron chi connectivity index (χ1n) is 6.75. The number of carbonyl (C=O) groups excluding carboxylic acids is 1. The molecule has 0 spiro atoms. The maximum absolute atomic E-state index is 13.0. The zero-order chi connectivity index (χ0) is 17.7. The fourth-order valence-corrected chi connectivity index (χ4v) is 2.23. The van der Waals surface area contributed by atoms with Gasteiger partial charge in [0.15, 0.2) is 6.61 Å². The molecule has 1 N–H and O–H groups in total. The summed E-state index contributed by atoms with van der Waals surface area (Å²) in [4.78, 5) is 12.2. The lowest BCUT2D eigenvalue weighted by molar-refractivity contribution is -0.148. The summed E-state index contributed by atoms with van der Waals surface area (Å²) in [7, 11) is 0. The highest BCUT2D eigenvalue weighted by Gasteiger charge is 2.41. The molecule has 0 heterocycles. The summed E-state index contributed by atoms with van der Waals surface area (Å²) < 4.78 is 55.6. The third kappa shape index (κ3) is 4.47. The molecule has 24 heavy (non-hydrogen) atoms. The van der Waals surface area contributed by atoms with E-state index in [2.05, 4.69) is 21.2 Å². The number of hydrogen-bond donors (Lipinski definition) is 1. The van der Waals surface area contributed by atoms with Crippen molar-refractivity contribution in [3.8, 4) is 5.75 Å². The fraction of sp³-hybridized carbons (Fsp3) is 0.188. The summed E-state index contributed by atoms with van der Waals surface area (Å²) >= 11 is 3.23. The van der Waals surface area contributed by atoms with Crippen LogP contribution in [0.1, 0.15) is 10.4 Å². The van der Waals surface area contributed by atoms with Gasteiger partial charge in [-0.3, -0.25) is 4.79 Å². The van der Waals surface area contributed by atoms with Crippen LogP contribution in [0.4, 0.5) is 23.2 Å². The van der Waals surface area contributed by atoms with E-state index in [1.807, 2.05) is 0 Å². The van der Waals surface area contributed by atoms with Gasteiger partial charge >= 0.3 is 12.3 Å². The van der Waals surface area contributed by atoms with Gasteiger partial charge in [0.05, 0.1) is 11.3 Å². The Morgan fingerprint density at radius 3 is 2.42 bits per heavy atom. The van der Waals surface area contributed by atoms with E-state index in [1.165, 1.54) is 18.2 Å². The molecule has 0 unspecified atom stereocenters. The number of rotatable bonds is 6. The van der Waals surface area contributed by atoms with Gasteiger partial charge < -0.3 is 10.1 Å². The molecule has 0 saturated heterocycles. The lowest BCUT2D eigenvalue weighted by Gasteiger charge is -2.18. The first-order valence-corrected chi connectivity index (χ1v) is 7.54. The van der Waals surface area contributed by atoms with Gasteiger partial charge in [0.2, 0.25) is 0 Å². The Labute approximate surface area is 143 Å². The number of benzene rings is 2. The maximum Gasteiger partial charge on any atom is 0.340 e. The van der Waals surface area contributed by atoms with Crippen molar-refractivity contribution in [2.24, 2.45) is 0 Å². The summed E-state index contributed by atoms with van der Waals surface area (Å²) in [5.74, 6) is -4.91. The second kappa shape index (κ2) is 7.65. The molecule has 0 atom stereocenters. The van der Waals surface area contributed by atoms with Gasteiger partial charge in [0, 0.05) is 4.47 Å². The van der Waals surface area contributed by atoms with E-state index in [0.717, 1.165) is 0 Å². The molecule has 3 nitrogen and oxygen atoms in total. The van der Waals surface area contributed by atoms with Gasteiger partial charge in [-0.15, -0.1) is 0 Å². The molecule has 0 bridgehead atoms. The Bertz CT molecular complexity index is 725. The lowest BCUT2D eigenvalue weighted by Crippen LogP contribution is -2.33. The van der Waals surface area contributed by atoms with Gasteiger partial charge in [-0.05, 0) is 40.2 Å². The average Bonchev–Trinajstić information content (AvgIpc) is 2.54. The van der Waals surface area contributed by atoms with Crippen molar-refractivity contribution in [3.63, 3.8) is 0 Å². The predicted molar refractivity (Wildman–Crippen MR) is 85.0 cm³/mol. The Balaban J connectivity index is 2.15. The molecule has 0 radical (unpaired) electrons. The summed E-state index contributed by atoms with van der Waals surface area (Å²) in [5.41, 5.74) is 0.425. The van der Waals surface area contributed by atoms with Crippen LogP contribution in [-0.2, 0) is 0 Å². The van der Waals surface area contributed by atoms with Crippen LogP contribution in [0.25, 0.3) is 0 Å². The number of carbonyl (C=O) groups is 1. The minimum Gasteiger partial charge on any atom is -0.485 e. The molecule has 0 aromatic heterocycles. The SMILES string of the molecule is O=C(Nc1ccccc1OCC(F)(F)C(F)F)c1ccccc1Br. The van der Waals surface area contributed by atoms with E-state index in [4.69, 9.17) is 4.74 Å².